The third kappa shape index (κ3) is 6.35. The number of ether oxygens (including phenoxy) is 1. The number of nitrogens with two attached hydrogens (primary N) is 1. The van der Waals surface area contributed by atoms with Crippen LogP contribution < -0.4 is 21.1 Å². The van der Waals surface area contributed by atoms with Crippen LogP contribution in [0.3, 0.4) is 0 Å². The molecule has 0 bridgehead atoms. The van der Waals surface area contributed by atoms with E-state index in [1.165, 1.54) is 35.6 Å². The second-order valence-electron chi connectivity index (χ2n) is 10.4. The number of aromatic nitrogens is 2. The van der Waals surface area contributed by atoms with Gasteiger partial charge in [0.2, 0.25) is 0 Å². The number of nitrogens with zero attached hydrogens (tertiary/aromatic N) is 1. The van der Waals surface area contributed by atoms with Crippen LogP contribution in [0.4, 0.5) is 10.1 Å². The van der Waals surface area contributed by atoms with E-state index >= 15 is 0 Å². The van der Waals surface area contributed by atoms with Gasteiger partial charge in [0, 0.05) is 40.5 Å². The predicted octanol–water partition coefficient (Wildman–Crippen LogP) is 6.45. The van der Waals surface area contributed by atoms with Gasteiger partial charge in [-0.05, 0) is 71.6 Å². The van der Waals surface area contributed by atoms with Gasteiger partial charge in [-0.25, -0.2) is 9.37 Å². The number of nitrogens with one attached hydrogen (secondary N) is 3. The Balaban J connectivity index is 1.30. The summed E-state index contributed by atoms with van der Waals surface area (Å²) in [6, 6.07) is 24.2. The van der Waals surface area contributed by atoms with E-state index in [0.29, 0.717) is 27.5 Å². The van der Waals surface area contributed by atoms with Gasteiger partial charge >= 0.3 is 0 Å². The lowest BCUT2D eigenvalue weighted by molar-refractivity contribution is -0.123. The Bertz CT molecular complexity index is 2070. The first-order chi connectivity index (χ1) is 22.3. The molecule has 6 rings (SSSR count). The molecule has 9 nitrogen and oxygen atoms in total. The van der Waals surface area contributed by atoms with Crippen LogP contribution in [0.1, 0.15) is 31.3 Å². The van der Waals surface area contributed by atoms with E-state index < -0.39 is 5.91 Å². The van der Waals surface area contributed by atoms with Crippen molar-refractivity contribution < 1.29 is 23.5 Å². The molecule has 0 radical (unpaired) electrons. The number of hydrogen-bond acceptors (Lipinski definition) is 6. The molecule has 4 aromatic carbocycles. The van der Waals surface area contributed by atoms with Crippen LogP contribution in [-0.2, 0) is 11.3 Å². The summed E-state index contributed by atoms with van der Waals surface area (Å²) in [5, 5.41) is 8.70. The molecule has 0 aliphatic heterocycles. The Morgan fingerprint density at radius 3 is 2.50 bits per heavy atom. The van der Waals surface area contributed by atoms with Gasteiger partial charge < -0.3 is 26.1 Å². The number of carbonyl (C=O) groups excluding carboxylic acids is 3. The van der Waals surface area contributed by atoms with Crippen molar-refractivity contribution in [2.45, 2.75) is 13.5 Å². The third-order valence-corrected chi connectivity index (χ3v) is 8.30. The van der Waals surface area contributed by atoms with E-state index in [0.717, 1.165) is 38.9 Å². The average molecular weight is 634 g/mol. The summed E-state index contributed by atoms with van der Waals surface area (Å²) in [5.74, 6) is -1.21. The predicted molar refractivity (Wildman–Crippen MR) is 176 cm³/mol. The number of amides is 3. The highest BCUT2D eigenvalue weighted by atomic mass is 32.1. The van der Waals surface area contributed by atoms with Crippen LogP contribution in [0.25, 0.3) is 33.3 Å². The van der Waals surface area contributed by atoms with Crippen LogP contribution in [0, 0.1) is 12.7 Å². The van der Waals surface area contributed by atoms with Gasteiger partial charge in [0.15, 0.2) is 11.6 Å². The number of aromatic amines is 1. The first-order valence-electron chi connectivity index (χ1n) is 14.3. The number of halogens is 1. The fraction of sp³-hybridized carbons (Fsp3) is 0.0857. The molecule has 11 heteroatoms. The molecule has 5 N–H and O–H groups in total. The lowest BCUT2D eigenvalue weighted by atomic mass is 9.94. The molecule has 6 aromatic rings. The highest BCUT2D eigenvalue weighted by molar-refractivity contribution is 7.11. The summed E-state index contributed by atoms with van der Waals surface area (Å²) in [7, 11) is 0. The van der Waals surface area contributed by atoms with Crippen molar-refractivity contribution in [3.8, 4) is 28.1 Å². The molecule has 0 atom stereocenters. The average Bonchev–Trinajstić information content (AvgIpc) is 3.76. The standard InChI is InChI=1S/C35H28FN5O4S/c1-20-24(7-4-8-29(20)41-34(44)35-38-15-16-46-35)26-13-14-27(33(37)43)32-28(26)17-30(40-32)25-6-3-2-5-21(25)18-39-31(42)19-45-23-11-9-22(36)10-12-23/h2-17,40H,18-19H2,1H3,(H2,37,43)(H,39,42)(H,41,44). The van der Waals surface area contributed by atoms with E-state index in [2.05, 4.69) is 20.6 Å². The van der Waals surface area contributed by atoms with Gasteiger partial charge in [0.05, 0.1) is 11.1 Å². The lowest BCUT2D eigenvalue weighted by Crippen LogP contribution is -2.28. The van der Waals surface area contributed by atoms with Crippen LogP contribution in [0.15, 0.2) is 96.5 Å². The van der Waals surface area contributed by atoms with Crippen molar-refractivity contribution in [2.24, 2.45) is 5.73 Å². The molecule has 2 heterocycles. The van der Waals surface area contributed by atoms with E-state index in [1.807, 2.05) is 61.5 Å². The molecule has 0 aliphatic carbocycles. The van der Waals surface area contributed by atoms with Gasteiger partial charge in [0.1, 0.15) is 11.6 Å². The lowest BCUT2D eigenvalue weighted by Gasteiger charge is -2.14. The zero-order valence-corrected chi connectivity index (χ0v) is 25.4. The van der Waals surface area contributed by atoms with Crippen LogP contribution in [0.2, 0.25) is 0 Å². The van der Waals surface area contributed by atoms with Crippen molar-refractivity contribution in [2.75, 3.05) is 11.9 Å². The van der Waals surface area contributed by atoms with Crippen LogP contribution >= 0.6 is 11.3 Å². The quantitative estimate of drug-likeness (QED) is 0.137. The highest BCUT2D eigenvalue weighted by Crippen LogP contribution is 2.38. The number of thiazole rings is 1. The van der Waals surface area contributed by atoms with Crippen molar-refractivity contribution in [1.29, 1.82) is 0 Å². The second kappa shape index (κ2) is 13.0. The minimum absolute atomic E-state index is 0.215. The molecule has 3 amide bonds. The molecule has 2 aromatic heterocycles. The summed E-state index contributed by atoms with van der Waals surface area (Å²) in [6.45, 7) is 1.91. The zero-order valence-electron chi connectivity index (χ0n) is 24.6. The Morgan fingerprint density at radius 1 is 0.957 bits per heavy atom. The highest BCUT2D eigenvalue weighted by Gasteiger charge is 2.19. The van der Waals surface area contributed by atoms with E-state index in [4.69, 9.17) is 10.5 Å². The summed E-state index contributed by atoms with van der Waals surface area (Å²) in [5.41, 5.74) is 12.2. The number of hydrogen-bond donors (Lipinski definition) is 4. The number of carbonyl (C=O) groups is 3. The molecule has 0 saturated carbocycles. The minimum atomic E-state index is -0.576. The maximum absolute atomic E-state index is 13.2. The largest absolute Gasteiger partial charge is 0.484 e. The topological polar surface area (TPSA) is 139 Å². The number of anilines is 1. The SMILES string of the molecule is Cc1c(NC(=O)c2nccs2)cccc1-c1ccc(C(N)=O)c2[nH]c(-c3ccccc3CNC(=O)COc3ccc(F)cc3)cc12. The molecule has 46 heavy (non-hydrogen) atoms. The number of benzene rings is 4. The Morgan fingerprint density at radius 2 is 1.74 bits per heavy atom. The summed E-state index contributed by atoms with van der Waals surface area (Å²) >= 11 is 1.26. The first kappa shape index (κ1) is 30.2. The molecule has 0 spiro atoms. The number of fused-ring (bicyclic) bond motifs is 1. The Kier molecular flexibility index (Phi) is 8.57. The number of primary amides is 1. The monoisotopic (exact) mass is 633 g/mol. The molecule has 230 valence electrons. The smallest absolute Gasteiger partial charge is 0.284 e. The molecule has 0 aliphatic rings. The van der Waals surface area contributed by atoms with Crippen LogP contribution in [-0.4, -0.2) is 34.3 Å². The minimum Gasteiger partial charge on any atom is -0.484 e. The number of H-pyrrole nitrogens is 1. The summed E-state index contributed by atoms with van der Waals surface area (Å²) < 4.78 is 18.6. The maximum atomic E-state index is 13.2. The first-order valence-corrected chi connectivity index (χ1v) is 15.2. The Hall–Kier alpha value is -5.81. The maximum Gasteiger partial charge on any atom is 0.284 e. The molecular formula is C35H28FN5O4S. The molecule has 0 unspecified atom stereocenters. The second-order valence-corrected chi connectivity index (χ2v) is 11.3. The molecule has 0 fully saturated rings. The van der Waals surface area contributed by atoms with Gasteiger partial charge in [-0.15, -0.1) is 11.3 Å². The fourth-order valence-electron chi connectivity index (χ4n) is 5.24. The molecular weight excluding hydrogens is 605 g/mol. The van der Waals surface area contributed by atoms with Crippen molar-refractivity contribution in [3.63, 3.8) is 0 Å². The summed E-state index contributed by atoms with van der Waals surface area (Å²) in [6.07, 6.45) is 1.58. The number of rotatable bonds is 10. The van der Waals surface area contributed by atoms with Gasteiger partial charge in [-0.1, -0.05) is 42.5 Å². The van der Waals surface area contributed by atoms with Gasteiger partial charge in [-0.3, -0.25) is 14.4 Å². The van der Waals surface area contributed by atoms with E-state index in [-0.39, 0.29) is 30.8 Å². The van der Waals surface area contributed by atoms with Gasteiger partial charge in [-0.2, -0.15) is 0 Å². The van der Waals surface area contributed by atoms with Crippen molar-refractivity contribution >= 4 is 45.6 Å². The van der Waals surface area contributed by atoms with Gasteiger partial charge in [0.25, 0.3) is 17.7 Å². The third-order valence-electron chi connectivity index (χ3n) is 7.53. The van der Waals surface area contributed by atoms with Crippen LogP contribution in [0.5, 0.6) is 5.75 Å². The fourth-order valence-corrected chi connectivity index (χ4v) is 5.77. The van der Waals surface area contributed by atoms with E-state index in [1.54, 1.807) is 17.6 Å². The summed E-state index contributed by atoms with van der Waals surface area (Å²) in [4.78, 5) is 45.2. The van der Waals surface area contributed by atoms with Crippen molar-refractivity contribution in [3.05, 3.63) is 124 Å². The Labute approximate surface area is 267 Å². The normalized spacial score (nSPS) is 10.9. The zero-order chi connectivity index (χ0) is 32.2. The molecule has 0 saturated heterocycles. The van der Waals surface area contributed by atoms with Crippen molar-refractivity contribution in [1.82, 2.24) is 15.3 Å². The van der Waals surface area contributed by atoms with E-state index in [9.17, 15) is 18.8 Å².